The Morgan fingerprint density at radius 3 is 2.62 bits per heavy atom. The average molecular weight is 348 g/mol. The van der Waals surface area contributed by atoms with Gasteiger partial charge in [-0.15, -0.1) is 0 Å². The second-order valence-electron chi connectivity index (χ2n) is 6.18. The van der Waals surface area contributed by atoms with Gasteiger partial charge < -0.3 is 4.74 Å². The summed E-state index contributed by atoms with van der Waals surface area (Å²) >= 11 is 0. The minimum Gasteiger partial charge on any atom is -0.472 e. The number of hydrogen-bond donors (Lipinski definition) is 0. The summed E-state index contributed by atoms with van der Waals surface area (Å²) in [6.45, 7) is 0.432. The summed E-state index contributed by atoms with van der Waals surface area (Å²) in [6, 6.07) is 10.2. The smallest absolute Gasteiger partial charge is 0.243 e. The lowest BCUT2D eigenvalue weighted by Crippen LogP contribution is -2.40. The van der Waals surface area contributed by atoms with Gasteiger partial charge in [0.2, 0.25) is 15.9 Å². The molecule has 0 spiro atoms. The Hall–Kier alpha value is -1.99. The van der Waals surface area contributed by atoms with Crippen molar-refractivity contribution in [2.75, 3.05) is 6.54 Å². The fourth-order valence-electron chi connectivity index (χ4n) is 3.65. The number of rotatable bonds is 4. The van der Waals surface area contributed by atoms with Crippen molar-refractivity contribution >= 4 is 10.0 Å². The normalized spacial score (nSPS) is 26.6. The van der Waals surface area contributed by atoms with Crippen LogP contribution in [0.4, 0.5) is 4.39 Å². The van der Waals surface area contributed by atoms with Gasteiger partial charge in [-0.05, 0) is 43.2 Å². The number of fused-ring (bicyclic) bond motifs is 2. The lowest BCUT2D eigenvalue weighted by atomic mass is 10.1. The molecule has 1 aromatic heterocycles. The molecule has 0 N–H and O–H groups in total. The molecule has 5 nitrogen and oxygen atoms in total. The van der Waals surface area contributed by atoms with E-state index in [1.807, 2.05) is 6.07 Å². The summed E-state index contributed by atoms with van der Waals surface area (Å²) in [5.74, 6) is 0.223. The second kappa shape index (κ2) is 5.82. The van der Waals surface area contributed by atoms with Crippen molar-refractivity contribution < 1.29 is 17.5 Å². The highest BCUT2D eigenvalue weighted by atomic mass is 32.2. The first kappa shape index (κ1) is 15.5. The number of pyridine rings is 1. The molecule has 1 aliphatic heterocycles. The highest BCUT2D eigenvalue weighted by Gasteiger charge is 2.53. The third kappa shape index (κ3) is 2.57. The maximum Gasteiger partial charge on any atom is 0.243 e. The molecule has 4 rings (SSSR count). The molecule has 0 amide bonds. The molecule has 2 bridgehead atoms. The van der Waals surface area contributed by atoms with Crippen LogP contribution in [0.25, 0.3) is 0 Å². The molecule has 2 heterocycles. The summed E-state index contributed by atoms with van der Waals surface area (Å²) in [6.07, 6.45) is 3.18. The molecule has 1 saturated carbocycles. The van der Waals surface area contributed by atoms with Crippen LogP contribution in [0.2, 0.25) is 0 Å². The molecule has 3 atom stereocenters. The maximum atomic E-state index is 13.1. The zero-order chi connectivity index (χ0) is 16.7. The molecule has 3 unspecified atom stereocenters. The standard InChI is InChI=1S/C17H17FN2O3S/c18-13-5-7-14(8-6-13)24(21,22)20-11-12-4-9-15(20)17(12)23-16-3-1-2-10-19-16/h1-3,5-8,10,12,15,17H,4,9,11H2. The number of ether oxygens (including phenoxy) is 1. The fourth-order valence-corrected chi connectivity index (χ4v) is 5.37. The van der Waals surface area contributed by atoms with Crippen LogP contribution in [0.15, 0.2) is 53.6 Å². The molecule has 24 heavy (non-hydrogen) atoms. The van der Waals surface area contributed by atoms with Gasteiger partial charge in [0, 0.05) is 24.7 Å². The van der Waals surface area contributed by atoms with E-state index in [0.717, 1.165) is 12.8 Å². The minimum absolute atomic E-state index is 0.119. The van der Waals surface area contributed by atoms with Crippen molar-refractivity contribution in [1.82, 2.24) is 9.29 Å². The van der Waals surface area contributed by atoms with E-state index in [0.29, 0.717) is 12.4 Å². The largest absolute Gasteiger partial charge is 0.472 e. The molecule has 1 aromatic carbocycles. The highest BCUT2D eigenvalue weighted by Crippen LogP contribution is 2.42. The van der Waals surface area contributed by atoms with E-state index in [-0.39, 0.29) is 23.0 Å². The lowest BCUT2D eigenvalue weighted by molar-refractivity contribution is 0.161. The highest BCUT2D eigenvalue weighted by molar-refractivity contribution is 7.89. The van der Waals surface area contributed by atoms with Gasteiger partial charge in [0.15, 0.2) is 0 Å². The maximum absolute atomic E-state index is 13.1. The molecule has 2 aromatic rings. The lowest BCUT2D eigenvalue weighted by Gasteiger charge is -2.26. The Bertz CT molecular complexity index is 827. The zero-order valence-corrected chi connectivity index (χ0v) is 13.7. The molecule has 1 aliphatic carbocycles. The molecule has 2 aliphatic rings. The number of hydrogen-bond acceptors (Lipinski definition) is 4. The van der Waals surface area contributed by atoms with Crippen molar-refractivity contribution in [2.24, 2.45) is 5.92 Å². The van der Waals surface area contributed by atoms with Crippen LogP contribution < -0.4 is 4.74 Å². The quantitative estimate of drug-likeness (QED) is 0.852. The van der Waals surface area contributed by atoms with E-state index < -0.39 is 15.8 Å². The van der Waals surface area contributed by atoms with E-state index >= 15 is 0 Å². The Balaban J connectivity index is 1.59. The number of benzene rings is 1. The number of sulfonamides is 1. The van der Waals surface area contributed by atoms with Crippen molar-refractivity contribution in [1.29, 1.82) is 0 Å². The van der Waals surface area contributed by atoms with Crippen molar-refractivity contribution in [3.63, 3.8) is 0 Å². The average Bonchev–Trinajstić information content (AvgIpc) is 3.13. The predicted molar refractivity (Wildman–Crippen MR) is 85.5 cm³/mol. The molecule has 0 radical (unpaired) electrons. The molecule has 7 heteroatoms. The minimum atomic E-state index is -3.65. The SMILES string of the molecule is O=S(=O)(c1ccc(F)cc1)N1CC2CCC1C2Oc1ccccn1. The Morgan fingerprint density at radius 1 is 1.12 bits per heavy atom. The van der Waals surface area contributed by atoms with Gasteiger partial charge in [0.25, 0.3) is 0 Å². The Kier molecular flexibility index (Phi) is 3.77. The zero-order valence-electron chi connectivity index (χ0n) is 12.9. The first-order chi connectivity index (χ1) is 11.6. The molecule has 2 fully saturated rings. The summed E-state index contributed by atoms with van der Waals surface area (Å²) in [7, 11) is -3.65. The Morgan fingerprint density at radius 2 is 1.92 bits per heavy atom. The van der Waals surface area contributed by atoms with E-state index in [4.69, 9.17) is 4.74 Å². The first-order valence-electron chi connectivity index (χ1n) is 7.91. The fraction of sp³-hybridized carbons (Fsp3) is 0.353. The molecular weight excluding hydrogens is 331 g/mol. The monoisotopic (exact) mass is 348 g/mol. The molecule has 126 valence electrons. The van der Waals surface area contributed by atoms with Crippen molar-refractivity contribution in [3.05, 3.63) is 54.5 Å². The molecular formula is C17H17FN2O3S. The van der Waals surface area contributed by atoms with E-state index in [1.54, 1.807) is 18.3 Å². The number of aromatic nitrogens is 1. The second-order valence-corrected chi connectivity index (χ2v) is 8.07. The van der Waals surface area contributed by atoms with Crippen LogP contribution in [-0.2, 0) is 10.0 Å². The molecule has 1 saturated heterocycles. The van der Waals surface area contributed by atoms with Gasteiger partial charge in [0.05, 0.1) is 10.9 Å². The van der Waals surface area contributed by atoms with Gasteiger partial charge in [-0.1, -0.05) is 6.07 Å². The van der Waals surface area contributed by atoms with Crippen molar-refractivity contribution in [2.45, 2.75) is 29.9 Å². The van der Waals surface area contributed by atoms with Gasteiger partial charge >= 0.3 is 0 Å². The Labute approximate surface area is 140 Å². The van der Waals surface area contributed by atoms with E-state index in [9.17, 15) is 12.8 Å². The summed E-state index contributed by atoms with van der Waals surface area (Å²) in [5, 5.41) is 0. The topological polar surface area (TPSA) is 59.5 Å². The number of piperidine rings is 1. The third-order valence-electron chi connectivity index (χ3n) is 4.78. The van der Waals surface area contributed by atoms with E-state index in [1.165, 1.54) is 28.6 Å². The predicted octanol–water partition coefficient (Wildman–Crippen LogP) is 2.45. The van der Waals surface area contributed by atoms with Crippen LogP contribution in [0.1, 0.15) is 12.8 Å². The van der Waals surface area contributed by atoms with Crippen LogP contribution in [0.3, 0.4) is 0 Å². The van der Waals surface area contributed by atoms with E-state index in [2.05, 4.69) is 4.98 Å². The van der Waals surface area contributed by atoms with Crippen LogP contribution in [0.5, 0.6) is 5.88 Å². The van der Waals surface area contributed by atoms with Crippen LogP contribution in [-0.4, -0.2) is 36.4 Å². The summed E-state index contributed by atoms with van der Waals surface area (Å²) < 4.78 is 46.3. The van der Waals surface area contributed by atoms with Gasteiger partial charge in [0.1, 0.15) is 11.9 Å². The van der Waals surface area contributed by atoms with Crippen LogP contribution in [0, 0.1) is 11.7 Å². The number of halogens is 1. The summed E-state index contributed by atoms with van der Waals surface area (Å²) in [5.41, 5.74) is 0. The number of nitrogens with zero attached hydrogens (tertiary/aromatic N) is 2. The summed E-state index contributed by atoms with van der Waals surface area (Å²) in [4.78, 5) is 4.28. The van der Waals surface area contributed by atoms with Gasteiger partial charge in [-0.25, -0.2) is 17.8 Å². The van der Waals surface area contributed by atoms with Gasteiger partial charge in [-0.3, -0.25) is 0 Å². The first-order valence-corrected chi connectivity index (χ1v) is 9.35. The third-order valence-corrected chi connectivity index (χ3v) is 6.68. The van der Waals surface area contributed by atoms with Crippen molar-refractivity contribution in [3.8, 4) is 5.88 Å². The van der Waals surface area contributed by atoms with Gasteiger partial charge in [-0.2, -0.15) is 4.31 Å². The van der Waals surface area contributed by atoms with Crippen LogP contribution >= 0.6 is 0 Å².